The van der Waals surface area contributed by atoms with Crippen molar-refractivity contribution in [3.63, 3.8) is 0 Å². The molecule has 2 aromatic rings. The van der Waals surface area contributed by atoms with Crippen LogP contribution < -0.4 is 4.74 Å². The summed E-state index contributed by atoms with van der Waals surface area (Å²) in [6, 6.07) is 4.97. The van der Waals surface area contributed by atoms with Gasteiger partial charge in [-0.25, -0.2) is 14.6 Å². The van der Waals surface area contributed by atoms with E-state index < -0.39 is 11.9 Å². The van der Waals surface area contributed by atoms with Crippen molar-refractivity contribution in [1.29, 1.82) is 0 Å². The van der Waals surface area contributed by atoms with Gasteiger partial charge in [-0.05, 0) is 38.5 Å². The quantitative estimate of drug-likeness (QED) is 0.569. The first-order valence-corrected chi connectivity index (χ1v) is 9.13. The van der Waals surface area contributed by atoms with E-state index in [1.807, 2.05) is 0 Å². The molecule has 1 heterocycles. The van der Waals surface area contributed by atoms with Gasteiger partial charge in [0.1, 0.15) is 15.4 Å². The molecule has 0 fully saturated rings. The number of aliphatic imine (C=N–C) groups is 1. The second-order valence-electron chi connectivity index (χ2n) is 5.33. The number of benzene rings is 1. The maximum absolute atomic E-state index is 12.3. The van der Waals surface area contributed by atoms with Gasteiger partial charge < -0.3 is 19.3 Å². The lowest BCUT2D eigenvalue weighted by molar-refractivity contribution is 0.0527. The zero-order valence-electron chi connectivity index (χ0n) is 15.6. The minimum atomic E-state index is -0.566. The molecule has 0 saturated heterocycles. The average Bonchev–Trinajstić information content (AvgIpc) is 2.97. The number of phenols is 1. The summed E-state index contributed by atoms with van der Waals surface area (Å²) in [7, 11) is 1.45. The maximum atomic E-state index is 12.3. The normalized spacial score (nSPS) is 10.8. The van der Waals surface area contributed by atoms with E-state index in [1.54, 1.807) is 39.0 Å². The number of phenolic OH excluding ortho intramolecular Hbond substituents is 1. The van der Waals surface area contributed by atoms with Gasteiger partial charge in [0.05, 0.1) is 20.3 Å². The number of rotatable bonds is 7. The molecule has 1 aromatic heterocycles. The van der Waals surface area contributed by atoms with Crippen molar-refractivity contribution in [2.45, 2.75) is 20.8 Å². The second-order valence-corrected chi connectivity index (χ2v) is 6.33. The van der Waals surface area contributed by atoms with Gasteiger partial charge in [0.15, 0.2) is 11.5 Å². The van der Waals surface area contributed by atoms with Crippen LogP contribution >= 0.6 is 11.3 Å². The predicted octanol–water partition coefficient (Wildman–Crippen LogP) is 3.87. The van der Waals surface area contributed by atoms with E-state index >= 15 is 0 Å². The van der Waals surface area contributed by atoms with Gasteiger partial charge in [-0.2, -0.15) is 0 Å². The van der Waals surface area contributed by atoms with Gasteiger partial charge in [-0.3, -0.25) is 0 Å². The molecule has 8 heteroatoms. The fourth-order valence-electron chi connectivity index (χ4n) is 2.36. The molecule has 0 radical (unpaired) electrons. The number of para-hydroxylation sites is 1. The lowest BCUT2D eigenvalue weighted by Gasteiger charge is -2.05. The highest BCUT2D eigenvalue weighted by Gasteiger charge is 2.26. The number of methoxy groups -OCH3 is 1. The van der Waals surface area contributed by atoms with E-state index in [-0.39, 0.29) is 24.5 Å². The Morgan fingerprint density at radius 1 is 1.19 bits per heavy atom. The number of carbonyl (C=O) groups excluding carboxylic acids is 2. The highest BCUT2D eigenvalue weighted by Crippen LogP contribution is 2.37. The molecule has 1 aromatic carbocycles. The molecule has 7 nitrogen and oxygen atoms in total. The summed E-state index contributed by atoms with van der Waals surface area (Å²) >= 11 is 1.04. The van der Waals surface area contributed by atoms with Crippen LogP contribution in [-0.4, -0.2) is 43.6 Å². The Balaban J connectivity index is 2.50. The smallest absolute Gasteiger partial charge is 0.348 e. The highest BCUT2D eigenvalue weighted by atomic mass is 32.1. The molecule has 0 atom stereocenters. The Morgan fingerprint density at radius 2 is 1.85 bits per heavy atom. The molecule has 144 valence electrons. The summed E-state index contributed by atoms with van der Waals surface area (Å²) < 4.78 is 15.2. The van der Waals surface area contributed by atoms with Crippen LogP contribution in [0.3, 0.4) is 0 Å². The van der Waals surface area contributed by atoms with E-state index in [2.05, 4.69) is 4.99 Å². The van der Waals surface area contributed by atoms with Crippen molar-refractivity contribution >= 4 is 34.5 Å². The number of ether oxygens (including phenoxy) is 3. The summed E-state index contributed by atoms with van der Waals surface area (Å²) in [5.41, 5.74) is 1.08. The molecule has 0 bridgehead atoms. The first-order valence-electron chi connectivity index (χ1n) is 8.32. The minimum Gasteiger partial charge on any atom is -0.504 e. The van der Waals surface area contributed by atoms with Gasteiger partial charge >= 0.3 is 11.9 Å². The maximum Gasteiger partial charge on any atom is 0.348 e. The molecule has 0 aliphatic heterocycles. The standard InChI is InChI=1S/C19H21NO6S/c1-5-25-18(22)14-11(3)16(19(23)26-6-2)27-17(14)20-10-12-8-7-9-13(24-4)15(12)21/h7-10,21H,5-6H2,1-4H3/b20-10+. The molecule has 27 heavy (non-hydrogen) atoms. The Labute approximate surface area is 161 Å². The molecule has 0 aliphatic carbocycles. The highest BCUT2D eigenvalue weighted by molar-refractivity contribution is 7.18. The SMILES string of the molecule is CCOC(=O)c1sc(/N=C/c2cccc(OC)c2O)c(C(=O)OCC)c1C. The topological polar surface area (TPSA) is 94.4 Å². The Bertz CT molecular complexity index is 871. The van der Waals surface area contributed by atoms with Gasteiger partial charge in [0.2, 0.25) is 0 Å². The lowest BCUT2D eigenvalue weighted by Crippen LogP contribution is -2.08. The number of hydrogen-bond donors (Lipinski definition) is 1. The first kappa shape index (κ1) is 20.4. The largest absolute Gasteiger partial charge is 0.504 e. The number of carbonyl (C=O) groups is 2. The number of aromatic hydroxyl groups is 1. The Kier molecular flexibility index (Phi) is 6.95. The number of thiophene rings is 1. The van der Waals surface area contributed by atoms with Crippen LogP contribution in [0.4, 0.5) is 5.00 Å². The second kappa shape index (κ2) is 9.18. The third-order valence-corrected chi connectivity index (χ3v) is 4.82. The van der Waals surface area contributed by atoms with Crippen molar-refractivity contribution in [2.75, 3.05) is 20.3 Å². The zero-order chi connectivity index (χ0) is 20.0. The fourth-order valence-corrected chi connectivity index (χ4v) is 3.40. The van der Waals surface area contributed by atoms with E-state index in [0.29, 0.717) is 26.8 Å². The third-order valence-electron chi connectivity index (χ3n) is 3.64. The molecular formula is C19H21NO6S. The lowest BCUT2D eigenvalue weighted by atomic mass is 10.1. The Morgan fingerprint density at radius 3 is 2.48 bits per heavy atom. The van der Waals surface area contributed by atoms with Crippen LogP contribution in [0.25, 0.3) is 0 Å². The van der Waals surface area contributed by atoms with Crippen LogP contribution in [0, 0.1) is 6.92 Å². The van der Waals surface area contributed by atoms with Crippen LogP contribution in [0.5, 0.6) is 11.5 Å². The molecular weight excluding hydrogens is 370 g/mol. The zero-order valence-corrected chi connectivity index (χ0v) is 16.4. The molecule has 0 saturated carbocycles. The van der Waals surface area contributed by atoms with Gasteiger partial charge in [0.25, 0.3) is 0 Å². The van der Waals surface area contributed by atoms with Gasteiger partial charge in [-0.1, -0.05) is 6.07 Å². The molecule has 0 unspecified atom stereocenters. The van der Waals surface area contributed by atoms with Crippen molar-refractivity contribution in [2.24, 2.45) is 4.99 Å². The van der Waals surface area contributed by atoms with Crippen LogP contribution in [-0.2, 0) is 9.47 Å². The van der Waals surface area contributed by atoms with E-state index in [0.717, 1.165) is 11.3 Å². The summed E-state index contributed by atoms with van der Waals surface area (Å²) in [4.78, 5) is 29.1. The van der Waals surface area contributed by atoms with Crippen LogP contribution in [0.1, 0.15) is 45.0 Å². The van der Waals surface area contributed by atoms with Crippen molar-refractivity contribution in [3.8, 4) is 11.5 Å². The molecule has 2 rings (SSSR count). The number of hydrogen-bond acceptors (Lipinski definition) is 8. The van der Waals surface area contributed by atoms with Crippen LogP contribution in [0.2, 0.25) is 0 Å². The minimum absolute atomic E-state index is 0.0691. The summed E-state index contributed by atoms with van der Waals surface area (Å²) in [6.45, 7) is 5.47. The summed E-state index contributed by atoms with van der Waals surface area (Å²) in [6.07, 6.45) is 1.40. The third kappa shape index (κ3) is 4.46. The first-order chi connectivity index (χ1) is 12.9. The molecule has 0 spiro atoms. The van der Waals surface area contributed by atoms with E-state index in [4.69, 9.17) is 14.2 Å². The summed E-state index contributed by atoms with van der Waals surface area (Å²) in [5, 5.41) is 10.5. The van der Waals surface area contributed by atoms with Crippen molar-refractivity contribution in [3.05, 3.63) is 39.8 Å². The van der Waals surface area contributed by atoms with Gasteiger partial charge in [-0.15, -0.1) is 11.3 Å². The molecule has 0 amide bonds. The Hall–Kier alpha value is -2.87. The molecule has 1 N–H and O–H groups in total. The molecule has 0 aliphatic rings. The average molecular weight is 391 g/mol. The monoisotopic (exact) mass is 391 g/mol. The van der Waals surface area contributed by atoms with E-state index in [1.165, 1.54) is 13.3 Å². The number of esters is 2. The van der Waals surface area contributed by atoms with Crippen molar-refractivity contribution < 1.29 is 28.9 Å². The van der Waals surface area contributed by atoms with Crippen LogP contribution in [0.15, 0.2) is 23.2 Å². The predicted molar refractivity (Wildman–Crippen MR) is 103 cm³/mol. The number of nitrogens with zero attached hydrogens (tertiary/aromatic N) is 1. The fraction of sp³-hybridized carbons (Fsp3) is 0.316. The van der Waals surface area contributed by atoms with E-state index in [9.17, 15) is 14.7 Å². The summed E-state index contributed by atoms with van der Waals surface area (Å²) in [5.74, 6) is -0.848. The van der Waals surface area contributed by atoms with Crippen molar-refractivity contribution in [1.82, 2.24) is 0 Å². The van der Waals surface area contributed by atoms with Gasteiger partial charge in [0, 0.05) is 11.8 Å².